The van der Waals surface area contributed by atoms with E-state index in [2.05, 4.69) is 15.5 Å². The normalized spacial score (nSPS) is 11.8. The van der Waals surface area contributed by atoms with Gasteiger partial charge in [-0.25, -0.2) is 4.39 Å². The lowest BCUT2D eigenvalue weighted by molar-refractivity contribution is -0.121. The topological polar surface area (TPSA) is 68.0 Å². The summed E-state index contributed by atoms with van der Waals surface area (Å²) in [6, 6.07) is 22.2. The number of carbonyl (C=O) groups excluding carboxylic acids is 1. The first-order valence-electron chi connectivity index (χ1n) is 9.74. The minimum absolute atomic E-state index is 0.112. The Morgan fingerprint density at radius 3 is 2.52 bits per heavy atom. The van der Waals surface area contributed by atoms with Gasteiger partial charge >= 0.3 is 0 Å². The molecule has 3 aromatic carbocycles. The highest BCUT2D eigenvalue weighted by Crippen LogP contribution is 2.23. The molecule has 0 aliphatic carbocycles. The van der Waals surface area contributed by atoms with Crippen molar-refractivity contribution in [1.29, 1.82) is 0 Å². The van der Waals surface area contributed by atoms with Gasteiger partial charge < -0.3 is 9.84 Å². The number of nitrogens with one attached hydrogen (secondary N) is 1. The second-order valence-corrected chi connectivity index (χ2v) is 7.52. The predicted molar refractivity (Wildman–Crippen MR) is 116 cm³/mol. The lowest BCUT2D eigenvalue weighted by atomic mass is 10.0. The summed E-state index contributed by atoms with van der Waals surface area (Å²) < 4.78 is 18.6. The summed E-state index contributed by atoms with van der Waals surface area (Å²) >= 11 is 6.06. The van der Waals surface area contributed by atoms with E-state index in [4.69, 9.17) is 16.1 Å². The quantitative estimate of drug-likeness (QED) is 0.434. The van der Waals surface area contributed by atoms with Gasteiger partial charge in [-0.1, -0.05) is 71.4 Å². The van der Waals surface area contributed by atoms with Crippen molar-refractivity contribution >= 4 is 17.5 Å². The SMILES string of the molecule is O=C(Cc1ccc(F)cc1)N[C@@H](Cc1ccccc1)c1nc(-c2cccc(Cl)c2)no1. The monoisotopic (exact) mass is 435 g/mol. The Morgan fingerprint density at radius 2 is 1.77 bits per heavy atom. The molecule has 0 bridgehead atoms. The Kier molecular flexibility index (Phi) is 6.38. The number of nitrogens with zero attached hydrogens (tertiary/aromatic N) is 2. The Balaban J connectivity index is 1.55. The summed E-state index contributed by atoms with van der Waals surface area (Å²) in [5.41, 5.74) is 2.44. The summed E-state index contributed by atoms with van der Waals surface area (Å²) in [6.45, 7) is 0. The maximum absolute atomic E-state index is 13.1. The molecule has 0 saturated heterocycles. The number of rotatable bonds is 7. The van der Waals surface area contributed by atoms with Crippen molar-refractivity contribution in [2.45, 2.75) is 18.9 Å². The summed E-state index contributed by atoms with van der Waals surface area (Å²) in [5, 5.41) is 7.59. The number of aromatic nitrogens is 2. The second-order valence-electron chi connectivity index (χ2n) is 7.08. The van der Waals surface area contributed by atoms with Gasteiger partial charge in [-0.05, 0) is 35.4 Å². The number of halogens is 2. The van der Waals surface area contributed by atoms with Crippen molar-refractivity contribution in [2.75, 3.05) is 0 Å². The van der Waals surface area contributed by atoms with Crippen LogP contribution in [-0.2, 0) is 17.6 Å². The van der Waals surface area contributed by atoms with Crippen molar-refractivity contribution in [3.05, 3.63) is 107 Å². The fraction of sp³-hybridized carbons (Fsp3) is 0.125. The van der Waals surface area contributed by atoms with E-state index in [0.717, 1.165) is 11.1 Å². The smallest absolute Gasteiger partial charge is 0.249 e. The highest BCUT2D eigenvalue weighted by atomic mass is 35.5. The molecule has 1 amide bonds. The summed E-state index contributed by atoms with van der Waals surface area (Å²) in [4.78, 5) is 17.2. The van der Waals surface area contributed by atoms with Crippen molar-refractivity contribution < 1.29 is 13.7 Å². The van der Waals surface area contributed by atoms with Gasteiger partial charge in [-0.3, -0.25) is 4.79 Å². The fourth-order valence-electron chi connectivity index (χ4n) is 3.20. The number of hydrogen-bond acceptors (Lipinski definition) is 4. The molecule has 0 saturated carbocycles. The molecule has 5 nitrogen and oxygen atoms in total. The molecule has 0 spiro atoms. The molecule has 4 aromatic rings. The van der Waals surface area contributed by atoms with Crippen LogP contribution in [0, 0.1) is 5.82 Å². The standard InChI is InChI=1S/C24H19ClFN3O2/c25-19-8-4-7-18(15-19)23-28-24(31-29-23)21(13-16-5-2-1-3-6-16)27-22(30)14-17-9-11-20(26)12-10-17/h1-12,15,21H,13-14H2,(H,27,30)/t21-/m0/s1. The molecule has 0 radical (unpaired) electrons. The van der Waals surface area contributed by atoms with E-state index in [0.29, 0.717) is 28.7 Å². The fourth-order valence-corrected chi connectivity index (χ4v) is 3.39. The Hall–Kier alpha value is -3.51. The van der Waals surface area contributed by atoms with Gasteiger partial charge in [0.1, 0.15) is 11.9 Å². The Morgan fingerprint density at radius 1 is 1.00 bits per heavy atom. The van der Waals surface area contributed by atoms with Gasteiger partial charge in [0.25, 0.3) is 0 Å². The van der Waals surface area contributed by atoms with Gasteiger partial charge in [0.05, 0.1) is 6.42 Å². The first-order valence-corrected chi connectivity index (χ1v) is 10.1. The molecule has 1 atom stereocenters. The number of amides is 1. The number of hydrogen-bond donors (Lipinski definition) is 1. The largest absolute Gasteiger partial charge is 0.344 e. The van der Waals surface area contributed by atoms with Crippen LogP contribution in [0.4, 0.5) is 4.39 Å². The summed E-state index contributed by atoms with van der Waals surface area (Å²) in [6.07, 6.45) is 0.591. The molecule has 31 heavy (non-hydrogen) atoms. The second kappa shape index (κ2) is 9.53. The van der Waals surface area contributed by atoms with Gasteiger partial charge in [0, 0.05) is 17.0 Å². The average molecular weight is 436 g/mol. The van der Waals surface area contributed by atoms with Crippen molar-refractivity contribution in [3.63, 3.8) is 0 Å². The van der Waals surface area contributed by atoms with Crippen molar-refractivity contribution in [3.8, 4) is 11.4 Å². The molecule has 4 rings (SSSR count). The predicted octanol–water partition coefficient (Wildman–Crippen LogP) is 5.17. The van der Waals surface area contributed by atoms with E-state index >= 15 is 0 Å². The van der Waals surface area contributed by atoms with Crippen LogP contribution in [0.15, 0.2) is 83.4 Å². The van der Waals surface area contributed by atoms with E-state index in [9.17, 15) is 9.18 Å². The van der Waals surface area contributed by atoms with Gasteiger partial charge in [-0.15, -0.1) is 0 Å². The van der Waals surface area contributed by atoms with Crippen LogP contribution < -0.4 is 5.32 Å². The molecule has 1 heterocycles. The molecule has 0 fully saturated rings. The first-order chi connectivity index (χ1) is 15.1. The van der Waals surface area contributed by atoms with Crippen LogP contribution in [0.1, 0.15) is 23.1 Å². The number of benzene rings is 3. The number of carbonyl (C=O) groups is 1. The molecule has 0 aliphatic heterocycles. The van der Waals surface area contributed by atoms with E-state index < -0.39 is 6.04 Å². The van der Waals surface area contributed by atoms with E-state index in [1.807, 2.05) is 36.4 Å². The van der Waals surface area contributed by atoms with Crippen molar-refractivity contribution in [1.82, 2.24) is 15.5 Å². The molecular formula is C24H19ClFN3O2. The zero-order chi connectivity index (χ0) is 21.6. The third-order valence-corrected chi connectivity index (χ3v) is 4.95. The molecule has 0 unspecified atom stereocenters. The van der Waals surface area contributed by atoms with Gasteiger partial charge in [0.2, 0.25) is 17.6 Å². The average Bonchev–Trinajstić information content (AvgIpc) is 3.26. The van der Waals surface area contributed by atoms with E-state index in [1.165, 1.54) is 12.1 Å². The minimum atomic E-state index is -0.518. The first kappa shape index (κ1) is 20.8. The third-order valence-electron chi connectivity index (χ3n) is 4.72. The highest BCUT2D eigenvalue weighted by molar-refractivity contribution is 6.30. The highest BCUT2D eigenvalue weighted by Gasteiger charge is 2.22. The molecule has 1 N–H and O–H groups in total. The third kappa shape index (κ3) is 5.55. The maximum Gasteiger partial charge on any atom is 0.249 e. The zero-order valence-electron chi connectivity index (χ0n) is 16.5. The van der Waals surface area contributed by atoms with Crippen LogP contribution in [-0.4, -0.2) is 16.0 Å². The van der Waals surface area contributed by atoms with Crippen LogP contribution in [0.25, 0.3) is 11.4 Å². The van der Waals surface area contributed by atoms with Crippen LogP contribution in [0.3, 0.4) is 0 Å². The maximum atomic E-state index is 13.1. The Bertz CT molecular complexity index is 1160. The lowest BCUT2D eigenvalue weighted by Crippen LogP contribution is -2.31. The minimum Gasteiger partial charge on any atom is -0.344 e. The van der Waals surface area contributed by atoms with Crippen LogP contribution >= 0.6 is 11.6 Å². The van der Waals surface area contributed by atoms with Gasteiger partial charge in [0.15, 0.2) is 0 Å². The van der Waals surface area contributed by atoms with Crippen molar-refractivity contribution in [2.24, 2.45) is 0 Å². The Labute approximate surface area is 183 Å². The zero-order valence-corrected chi connectivity index (χ0v) is 17.2. The van der Waals surface area contributed by atoms with Crippen LogP contribution in [0.5, 0.6) is 0 Å². The van der Waals surface area contributed by atoms with E-state index in [1.54, 1.807) is 30.3 Å². The summed E-state index contributed by atoms with van der Waals surface area (Å²) in [5.74, 6) is 0.121. The van der Waals surface area contributed by atoms with Gasteiger partial charge in [-0.2, -0.15) is 4.98 Å². The molecular weight excluding hydrogens is 417 g/mol. The molecule has 156 valence electrons. The van der Waals surface area contributed by atoms with E-state index in [-0.39, 0.29) is 18.1 Å². The molecule has 1 aromatic heterocycles. The molecule has 0 aliphatic rings. The lowest BCUT2D eigenvalue weighted by Gasteiger charge is -2.15. The summed E-state index contributed by atoms with van der Waals surface area (Å²) in [7, 11) is 0. The molecule has 7 heteroatoms. The van der Waals surface area contributed by atoms with Crippen LogP contribution in [0.2, 0.25) is 5.02 Å².